The fraction of sp³-hybridized carbons (Fsp3) is 0.324. The Morgan fingerprint density at radius 1 is 0.907 bits per heavy atom. The van der Waals surface area contributed by atoms with Gasteiger partial charge in [0.05, 0.1) is 11.7 Å². The van der Waals surface area contributed by atoms with Gasteiger partial charge in [-0.3, -0.25) is 0 Å². The van der Waals surface area contributed by atoms with Crippen molar-refractivity contribution >= 4 is 23.0 Å². The second kappa shape index (κ2) is 9.88. The van der Waals surface area contributed by atoms with Crippen LogP contribution in [0, 0.1) is 0 Å². The minimum Gasteiger partial charge on any atom is -0.456 e. The number of hydrogen-bond donors (Lipinski definition) is 0. The third-order valence-corrected chi connectivity index (χ3v) is 9.97. The SMILES string of the molecule is CCN(CC1CCCO1)c1ccc2c(c1)Oc1ccc(N3c4ccccc4C(C)C3C)cc1C21OC(=O)c2ccccc21. The number of nitrogens with zero attached hydrogens (tertiary/aromatic N) is 2. The van der Waals surface area contributed by atoms with Crippen molar-refractivity contribution in [3.8, 4) is 11.5 Å². The number of rotatable bonds is 5. The van der Waals surface area contributed by atoms with Gasteiger partial charge in [0.15, 0.2) is 5.60 Å². The maximum absolute atomic E-state index is 13.5. The van der Waals surface area contributed by atoms with E-state index in [0.717, 1.165) is 60.6 Å². The Hall–Kier alpha value is -4.29. The van der Waals surface area contributed by atoms with Crippen molar-refractivity contribution in [3.63, 3.8) is 0 Å². The molecule has 8 rings (SSSR count). The summed E-state index contributed by atoms with van der Waals surface area (Å²) in [6, 6.07) is 29.3. The van der Waals surface area contributed by atoms with Gasteiger partial charge >= 0.3 is 5.97 Å². The van der Waals surface area contributed by atoms with Gasteiger partial charge in [-0.2, -0.15) is 0 Å². The van der Waals surface area contributed by atoms with Gasteiger partial charge in [-0.25, -0.2) is 4.79 Å². The summed E-state index contributed by atoms with van der Waals surface area (Å²) in [6.45, 7) is 9.26. The highest BCUT2D eigenvalue weighted by atomic mass is 16.6. The van der Waals surface area contributed by atoms with Crippen LogP contribution in [0.25, 0.3) is 0 Å². The number of ether oxygens (including phenoxy) is 3. The lowest BCUT2D eigenvalue weighted by Gasteiger charge is -2.38. The van der Waals surface area contributed by atoms with E-state index in [9.17, 15) is 4.79 Å². The van der Waals surface area contributed by atoms with Crippen molar-refractivity contribution in [3.05, 3.63) is 113 Å². The number of benzene rings is 4. The molecular weight excluding hydrogens is 536 g/mol. The second-order valence-electron chi connectivity index (χ2n) is 12.2. The third-order valence-electron chi connectivity index (χ3n) is 9.97. The van der Waals surface area contributed by atoms with E-state index in [1.807, 2.05) is 30.3 Å². The molecule has 4 unspecified atom stereocenters. The molecule has 0 bridgehead atoms. The molecule has 4 aromatic rings. The third kappa shape index (κ3) is 3.85. The first kappa shape index (κ1) is 26.3. The molecule has 1 saturated heterocycles. The summed E-state index contributed by atoms with van der Waals surface area (Å²) < 4.78 is 19.1. The van der Waals surface area contributed by atoms with Gasteiger partial charge in [-0.15, -0.1) is 0 Å². The lowest BCUT2D eigenvalue weighted by molar-refractivity contribution is 0.0224. The molecule has 1 fully saturated rings. The van der Waals surface area contributed by atoms with E-state index in [0.29, 0.717) is 23.0 Å². The number of fused-ring (bicyclic) bond motifs is 7. The maximum atomic E-state index is 13.5. The number of carbonyl (C=O) groups is 1. The number of likely N-dealkylation sites (N-methyl/N-ethyl adjacent to an activating group) is 1. The predicted octanol–water partition coefficient (Wildman–Crippen LogP) is 7.90. The first-order chi connectivity index (χ1) is 21.0. The second-order valence-corrected chi connectivity index (χ2v) is 12.2. The zero-order valence-electron chi connectivity index (χ0n) is 24.9. The van der Waals surface area contributed by atoms with Crippen molar-refractivity contribution in [1.29, 1.82) is 0 Å². The molecule has 6 heteroatoms. The van der Waals surface area contributed by atoms with E-state index in [-0.39, 0.29) is 18.1 Å². The first-order valence-corrected chi connectivity index (χ1v) is 15.5. The number of carbonyl (C=O) groups excluding carboxylic acids is 1. The molecule has 0 amide bonds. The average molecular weight is 573 g/mol. The molecule has 4 heterocycles. The van der Waals surface area contributed by atoms with Crippen LogP contribution in [-0.4, -0.2) is 37.8 Å². The van der Waals surface area contributed by atoms with Gasteiger partial charge in [0.1, 0.15) is 11.5 Å². The molecule has 4 aliphatic rings. The van der Waals surface area contributed by atoms with Gasteiger partial charge in [-0.05, 0) is 74.7 Å². The lowest BCUT2D eigenvalue weighted by atomic mass is 9.77. The minimum atomic E-state index is -1.11. The predicted molar refractivity (Wildman–Crippen MR) is 168 cm³/mol. The van der Waals surface area contributed by atoms with E-state index in [4.69, 9.17) is 14.2 Å². The van der Waals surface area contributed by atoms with Crippen LogP contribution < -0.4 is 14.5 Å². The summed E-state index contributed by atoms with van der Waals surface area (Å²) in [6.07, 6.45) is 2.44. The quantitative estimate of drug-likeness (QED) is 0.227. The lowest BCUT2D eigenvalue weighted by Crippen LogP contribution is -2.35. The van der Waals surface area contributed by atoms with E-state index in [1.165, 1.54) is 11.3 Å². The largest absolute Gasteiger partial charge is 0.456 e. The molecule has 0 radical (unpaired) electrons. The van der Waals surface area contributed by atoms with Crippen molar-refractivity contribution < 1.29 is 19.0 Å². The number of hydrogen-bond acceptors (Lipinski definition) is 6. The molecule has 218 valence electrons. The Morgan fingerprint density at radius 2 is 1.74 bits per heavy atom. The number of para-hydroxylation sites is 1. The Morgan fingerprint density at radius 3 is 2.58 bits per heavy atom. The zero-order valence-corrected chi connectivity index (χ0v) is 24.9. The van der Waals surface area contributed by atoms with Gasteiger partial charge in [0.2, 0.25) is 0 Å². The van der Waals surface area contributed by atoms with Gasteiger partial charge in [0, 0.05) is 71.5 Å². The first-order valence-electron chi connectivity index (χ1n) is 15.5. The molecule has 0 aromatic heterocycles. The highest BCUT2D eigenvalue weighted by Gasteiger charge is 2.54. The maximum Gasteiger partial charge on any atom is 0.340 e. The van der Waals surface area contributed by atoms with Crippen molar-refractivity contribution in [2.45, 2.75) is 57.3 Å². The summed E-state index contributed by atoms with van der Waals surface area (Å²) in [4.78, 5) is 18.2. The van der Waals surface area contributed by atoms with Crippen LogP contribution >= 0.6 is 0 Å². The van der Waals surface area contributed by atoms with Crippen molar-refractivity contribution in [1.82, 2.24) is 0 Å². The van der Waals surface area contributed by atoms with Crippen molar-refractivity contribution in [2.75, 3.05) is 29.5 Å². The molecular formula is C37H36N2O4. The van der Waals surface area contributed by atoms with Crippen LogP contribution in [0.5, 0.6) is 11.5 Å². The summed E-state index contributed by atoms with van der Waals surface area (Å²) in [5, 5.41) is 0. The molecule has 0 saturated carbocycles. The van der Waals surface area contributed by atoms with Gasteiger partial charge in [-0.1, -0.05) is 43.3 Å². The average Bonchev–Trinajstić information content (AvgIpc) is 3.73. The molecule has 4 aromatic carbocycles. The zero-order chi connectivity index (χ0) is 29.3. The molecule has 43 heavy (non-hydrogen) atoms. The van der Waals surface area contributed by atoms with Crippen LogP contribution in [0.1, 0.15) is 72.1 Å². The number of esters is 1. The fourth-order valence-corrected chi connectivity index (χ4v) is 7.62. The van der Waals surface area contributed by atoms with E-state index >= 15 is 0 Å². The summed E-state index contributed by atoms with van der Waals surface area (Å²) in [5.41, 5.74) is 6.72. The molecule has 4 aliphatic heterocycles. The molecule has 6 nitrogen and oxygen atoms in total. The van der Waals surface area contributed by atoms with Crippen LogP contribution in [0.15, 0.2) is 84.9 Å². The van der Waals surface area contributed by atoms with Crippen LogP contribution in [0.4, 0.5) is 17.1 Å². The topological polar surface area (TPSA) is 51.2 Å². The normalized spacial score (nSPS) is 24.7. The monoisotopic (exact) mass is 572 g/mol. The molecule has 0 N–H and O–H groups in total. The standard InChI is InChI=1S/C37H36N2O4/c1-4-38(22-27-10-9-19-41-27)25-15-17-31-35(21-25)42-34-18-16-26(39-24(3)23(2)28-11-6-8-14-33(28)39)20-32(34)37(31)30-13-7-5-12-29(30)36(40)43-37/h5-8,11-18,20-21,23-24,27H,4,9-10,19,22H2,1-3H3. The highest BCUT2D eigenvalue weighted by Crippen LogP contribution is 2.58. The summed E-state index contributed by atoms with van der Waals surface area (Å²) >= 11 is 0. The number of anilines is 3. The Kier molecular flexibility index (Phi) is 6.05. The van der Waals surface area contributed by atoms with Gasteiger partial charge in [0.25, 0.3) is 0 Å². The summed E-state index contributed by atoms with van der Waals surface area (Å²) in [5.74, 6) is 1.48. The van der Waals surface area contributed by atoms with E-state index < -0.39 is 5.60 Å². The van der Waals surface area contributed by atoms with Gasteiger partial charge < -0.3 is 24.0 Å². The molecule has 0 aliphatic carbocycles. The Balaban J connectivity index is 1.28. The van der Waals surface area contributed by atoms with Crippen LogP contribution in [0.2, 0.25) is 0 Å². The molecule has 4 atom stereocenters. The summed E-state index contributed by atoms with van der Waals surface area (Å²) in [7, 11) is 0. The smallest absolute Gasteiger partial charge is 0.340 e. The van der Waals surface area contributed by atoms with E-state index in [1.54, 1.807) is 0 Å². The highest BCUT2D eigenvalue weighted by molar-refractivity contribution is 5.97. The Bertz CT molecular complexity index is 1740. The minimum absolute atomic E-state index is 0.242. The van der Waals surface area contributed by atoms with Crippen molar-refractivity contribution in [2.24, 2.45) is 0 Å². The fourth-order valence-electron chi connectivity index (χ4n) is 7.62. The molecule has 1 spiro atoms. The van der Waals surface area contributed by atoms with Crippen LogP contribution in [0.3, 0.4) is 0 Å². The van der Waals surface area contributed by atoms with E-state index in [2.05, 4.69) is 85.2 Å². The van der Waals surface area contributed by atoms with Crippen LogP contribution in [-0.2, 0) is 15.1 Å². The Labute approximate surface area is 252 Å².